The third kappa shape index (κ3) is 3.28. The Labute approximate surface area is 175 Å². The Hall–Kier alpha value is -3.41. The summed E-state index contributed by atoms with van der Waals surface area (Å²) in [7, 11) is 0. The van der Waals surface area contributed by atoms with E-state index in [2.05, 4.69) is 5.32 Å². The van der Waals surface area contributed by atoms with Crippen LogP contribution < -0.4 is 11.1 Å². The molecule has 2 aliphatic rings. The molecule has 2 aromatic carbocycles. The van der Waals surface area contributed by atoms with E-state index in [1.165, 1.54) is 0 Å². The highest BCUT2D eigenvalue weighted by Crippen LogP contribution is 2.36. The summed E-state index contributed by atoms with van der Waals surface area (Å²) in [5, 5.41) is 3.89. The molecule has 0 aliphatic carbocycles. The summed E-state index contributed by atoms with van der Waals surface area (Å²) in [5.41, 5.74) is 10.4. The number of piperidine rings is 1. The minimum absolute atomic E-state index is 0.0151. The largest absolute Gasteiger partial charge is 0.397 e. The molecule has 3 heterocycles. The smallest absolute Gasteiger partial charge is 0.230 e. The van der Waals surface area contributed by atoms with Gasteiger partial charge in [0.1, 0.15) is 0 Å². The number of likely N-dealkylation sites (tertiary alicyclic amines) is 1. The molecule has 5 rings (SSSR count). The van der Waals surface area contributed by atoms with E-state index in [1.54, 1.807) is 0 Å². The Kier molecular flexibility index (Phi) is 4.62. The summed E-state index contributed by atoms with van der Waals surface area (Å²) in [4.78, 5) is 32.3. The fourth-order valence-electron chi connectivity index (χ4n) is 4.73. The molecule has 0 saturated carbocycles. The van der Waals surface area contributed by atoms with Crippen molar-refractivity contribution in [3.05, 3.63) is 65.9 Å². The SMILES string of the molecule is Nc1cc2ccccc2nc1[C@@H]1CCCN(C(=O)[C@@H]2CC(=O)Nc3ccccc32)C1. The highest BCUT2D eigenvalue weighted by molar-refractivity contribution is 6.01. The predicted molar refractivity (Wildman–Crippen MR) is 117 cm³/mol. The van der Waals surface area contributed by atoms with Crippen LogP contribution in [0.25, 0.3) is 10.9 Å². The van der Waals surface area contributed by atoms with Gasteiger partial charge in [-0.05, 0) is 36.6 Å². The van der Waals surface area contributed by atoms with Crippen molar-refractivity contribution >= 4 is 34.1 Å². The summed E-state index contributed by atoms with van der Waals surface area (Å²) < 4.78 is 0. The number of para-hydroxylation sites is 2. The van der Waals surface area contributed by atoms with Gasteiger partial charge in [0.25, 0.3) is 0 Å². The number of anilines is 2. The molecule has 6 heteroatoms. The van der Waals surface area contributed by atoms with Crippen LogP contribution in [0, 0.1) is 0 Å². The molecular formula is C24H24N4O2. The number of benzene rings is 2. The van der Waals surface area contributed by atoms with Gasteiger partial charge in [-0.3, -0.25) is 14.6 Å². The van der Waals surface area contributed by atoms with E-state index in [0.29, 0.717) is 18.8 Å². The van der Waals surface area contributed by atoms with Crippen molar-refractivity contribution < 1.29 is 9.59 Å². The summed E-state index contributed by atoms with van der Waals surface area (Å²) in [6.07, 6.45) is 2.03. The molecule has 0 radical (unpaired) electrons. The molecule has 6 nitrogen and oxygen atoms in total. The highest BCUT2D eigenvalue weighted by Gasteiger charge is 2.36. The van der Waals surface area contributed by atoms with Crippen molar-refractivity contribution in [3.8, 4) is 0 Å². The first-order chi connectivity index (χ1) is 14.6. The number of nitrogens with zero attached hydrogens (tertiary/aromatic N) is 2. The van der Waals surface area contributed by atoms with E-state index in [9.17, 15) is 9.59 Å². The Morgan fingerprint density at radius 1 is 1.13 bits per heavy atom. The number of rotatable bonds is 2. The fraction of sp³-hybridized carbons (Fsp3) is 0.292. The van der Waals surface area contributed by atoms with Crippen LogP contribution >= 0.6 is 0 Å². The van der Waals surface area contributed by atoms with E-state index >= 15 is 0 Å². The Morgan fingerprint density at radius 2 is 1.93 bits per heavy atom. The van der Waals surface area contributed by atoms with Gasteiger partial charge >= 0.3 is 0 Å². The molecule has 0 unspecified atom stereocenters. The van der Waals surface area contributed by atoms with Gasteiger partial charge in [-0.1, -0.05) is 36.4 Å². The molecule has 3 N–H and O–H groups in total. The molecule has 0 bridgehead atoms. The normalized spacial score (nSPS) is 21.2. The zero-order valence-corrected chi connectivity index (χ0v) is 16.7. The Bertz CT molecular complexity index is 1140. The van der Waals surface area contributed by atoms with Gasteiger partial charge in [0.05, 0.1) is 22.8 Å². The molecule has 2 amide bonds. The zero-order chi connectivity index (χ0) is 20.7. The second kappa shape index (κ2) is 7.44. The Morgan fingerprint density at radius 3 is 2.83 bits per heavy atom. The minimum Gasteiger partial charge on any atom is -0.397 e. The maximum Gasteiger partial charge on any atom is 0.230 e. The van der Waals surface area contributed by atoms with Crippen LogP contribution in [0.15, 0.2) is 54.6 Å². The van der Waals surface area contributed by atoms with Crippen LogP contribution in [0.1, 0.15) is 42.4 Å². The van der Waals surface area contributed by atoms with Gasteiger partial charge in [-0.2, -0.15) is 0 Å². The van der Waals surface area contributed by atoms with Crippen LogP contribution in [0.5, 0.6) is 0 Å². The lowest BCUT2D eigenvalue weighted by molar-refractivity contribution is -0.136. The maximum atomic E-state index is 13.4. The van der Waals surface area contributed by atoms with Crippen LogP contribution in [-0.4, -0.2) is 34.8 Å². The van der Waals surface area contributed by atoms with Crippen molar-refractivity contribution in [2.75, 3.05) is 24.1 Å². The monoisotopic (exact) mass is 400 g/mol. The second-order valence-electron chi connectivity index (χ2n) is 8.17. The van der Waals surface area contributed by atoms with Gasteiger partial charge in [-0.15, -0.1) is 0 Å². The van der Waals surface area contributed by atoms with Crippen LogP contribution in [-0.2, 0) is 9.59 Å². The molecule has 152 valence electrons. The molecule has 1 saturated heterocycles. The van der Waals surface area contributed by atoms with Gasteiger partial charge < -0.3 is 16.0 Å². The molecule has 1 fully saturated rings. The number of hydrogen-bond acceptors (Lipinski definition) is 4. The third-order valence-corrected chi connectivity index (χ3v) is 6.20. The van der Waals surface area contributed by atoms with E-state index in [1.807, 2.05) is 59.5 Å². The van der Waals surface area contributed by atoms with Crippen molar-refractivity contribution in [1.29, 1.82) is 0 Å². The number of nitrogen functional groups attached to an aromatic ring is 1. The van der Waals surface area contributed by atoms with Gasteiger partial charge in [-0.25, -0.2) is 0 Å². The average Bonchev–Trinajstić information content (AvgIpc) is 2.77. The Balaban J connectivity index is 1.42. The molecule has 2 atom stereocenters. The van der Waals surface area contributed by atoms with Crippen LogP contribution in [0.2, 0.25) is 0 Å². The van der Waals surface area contributed by atoms with Crippen molar-refractivity contribution in [2.45, 2.75) is 31.1 Å². The molecule has 0 spiro atoms. The number of hydrogen-bond donors (Lipinski definition) is 2. The number of pyridine rings is 1. The minimum atomic E-state index is -0.435. The van der Waals surface area contributed by atoms with E-state index in [0.717, 1.165) is 40.7 Å². The van der Waals surface area contributed by atoms with Crippen LogP contribution in [0.3, 0.4) is 0 Å². The number of carbonyl (C=O) groups is 2. The summed E-state index contributed by atoms with van der Waals surface area (Å²) >= 11 is 0. The lowest BCUT2D eigenvalue weighted by Crippen LogP contribution is -2.43. The number of nitrogens with one attached hydrogen (secondary N) is 1. The van der Waals surface area contributed by atoms with Crippen molar-refractivity contribution in [1.82, 2.24) is 9.88 Å². The molecule has 3 aromatic rings. The summed E-state index contributed by atoms with van der Waals surface area (Å²) in [6, 6.07) is 17.5. The molecule has 1 aromatic heterocycles. The number of aromatic nitrogens is 1. The first kappa shape index (κ1) is 18.6. The second-order valence-corrected chi connectivity index (χ2v) is 8.17. The number of carbonyl (C=O) groups excluding carboxylic acids is 2. The van der Waals surface area contributed by atoms with E-state index in [4.69, 9.17) is 10.7 Å². The number of amides is 2. The summed E-state index contributed by atoms with van der Waals surface area (Å²) in [6.45, 7) is 1.28. The molecular weight excluding hydrogens is 376 g/mol. The lowest BCUT2D eigenvalue weighted by Gasteiger charge is -2.36. The van der Waals surface area contributed by atoms with Crippen molar-refractivity contribution in [2.24, 2.45) is 0 Å². The summed E-state index contributed by atoms with van der Waals surface area (Å²) in [5.74, 6) is -0.432. The zero-order valence-electron chi connectivity index (χ0n) is 16.7. The van der Waals surface area contributed by atoms with Gasteiger partial charge in [0.15, 0.2) is 0 Å². The number of fused-ring (bicyclic) bond motifs is 2. The lowest BCUT2D eigenvalue weighted by atomic mass is 9.87. The first-order valence-electron chi connectivity index (χ1n) is 10.4. The van der Waals surface area contributed by atoms with E-state index in [-0.39, 0.29) is 24.2 Å². The fourth-order valence-corrected chi connectivity index (χ4v) is 4.73. The van der Waals surface area contributed by atoms with E-state index < -0.39 is 5.92 Å². The highest BCUT2D eigenvalue weighted by atomic mass is 16.2. The molecule has 2 aliphatic heterocycles. The van der Waals surface area contributed by atoms with Gasteiger partial charge in [0.2, 0.25) is 11.8 Å². The quantitative estimate of drug-likeness (QED) is 0.687. The topological polar surface area (TPSA) is 88.3 Å². The number of nitrogens with two attached hydrogens (primary N) is 1. The standard InChI is InChI=1S/C24H24N4O2/c25-19-12-15-6-1-3-9-20(15)27-23(19)16-7-5-11-28(14-16)24(30)18-13-22(29)26-21-10-4-2-8-17(18)21/h1-4,6,8-10,12,16,18H,5,7,11,13-14,25H2,(H,26,29)/t16-,18-/m1/s1. The first-order valence-corrected chi connectivity index (χ1v) is 10.4. The third-order valence-electron chi connectivity index (χ3n) is 6.20. The molecule has 30 heavy (non-hydrogen) atoms. The predicted octanol–water partition coefficient (Wildman–Crippen LogP) is 3.65. The van der Waals surface area contributed by atoms with Gasteiger partial charge in [0, 0.05) is 36.5 Å². The van der Waals surface area contributed by atoms with Crippen molar-refractivity contribution in [3.63, 3.8) is 0 Å². The maximum absolute atomic E-state index is 13.4. The van der Waals surface area contributed by atoms with Crippen LogP contribution in [0.4, 0.5) is 11.4 Å². The average molecular weight is 400 g/mol.